The second-order valence-electron chi connectivity index (χ2n) is 6.91. The highest BCUT2D eigenvalue weighted by Crippen LogP contribution is 2.56. The number of ether oxygens (including phenoxy) is 1. The molecule has 1 aromatic heterocycles. The Morgan fingerprint density at radius 2 is 1.95 bits per heavy atom. The van der Waals surface area contributed by atoms with E-state index < -0.39 is 23.0 Å². The number of halogens is 2. The average Bonchev–Trinajstić information content (AvgIpc) is 3.03. The van der Waals surface area contributed by atoms with Gasteiger partial charge in [0.25, 0.3) is 5.92 Å². The first-order valence-corrected chi connectivity index (χ1v) is 7.18. The van der Waals surface area contributed by atoms with Crippen molar-refractivity contribution in [3.05, 3.63) is 11.6 Å². The SMILES string of the molecule is CN(Cc1nc(C2(C(C)(F)F)CC2)n[nH]1)C(=O)OC(C)(C)C. The molecular formula is C14H22F2N4O2. The molecule has 1 heterocycles. The molecule has 0 aliphatic heterocycles. The van der Waals surface area contributed by atoms with E-state index in [9.17, 15) is 13.6 Å². The summed E-state index contributed by atoms with van der Waals surface area (Å²) in [4.78, 5) is 17.3. The zero-order valence-corrected chi connectivity index (χ0v) is 13.5. The fourth-order valence-electron chi connectivity index (χ4n) is 2.19. The summed E-state index contributed by atoms with van der Waals surface area (Å²) in [7, 11) is 1.55. The Hall–Kier alpha value is -1.73. The topological polar surface area (TPSA) is 71.1 Å². The lowest BCUT2D eigenvalue weighted by atomic mass is 9.99. The van der Waals surface area contributed by atoms with Crippen molar-refractivity contribution in [3.8, 4) is 0 Å². The minimum Gasteiger partial charge on any atom is -0.444 e. The van der Waals surface area contributed by atoms with Crippen molar-refractivity contribution in [1.82, 2.24) is 20.1 Å². The van der Waals surface area contributed by atoms with Crippen LogP contribution in [0.4, 0.5) is 13.6 Å². The molecule has 6 nitrogen and oxygen atoms in total. The number of rotatable bonds is 4. The molecule has 1 amide bonds. The summed E-state index contributed by atoms with van der Waals surface area (Å²) in [6.45, 7) is 6.32. The van der Waals surface area contributed by atoms with Gasteiger partial charge in [0.05, 0.1) is 12.0 Å². The smallest absolute Gasteiger partial charge is 0.410 e. The summed E-state index contributed by atoms with van der Waals surface area (Å²) in [5, 5.41) is 6.54. The standard InChI is InChI=1S/C14H22F2N4O2/c1-12(2,3)22-11(21)20(5)8-9-17-10(19-18-9)14(6-7-14)13(4,15)16/h6-8H2,1-5H3,(H,17,18,19). The van der Waals surface area contributed by atoms with Gasteiger partial charge in [-0.1, -0.05) is 0 Å². The summed E-state index contributed by atoms with van der Waals surface area (Å²) < 4.78 is 32.5. The third-order valence-electron chi connectivity index (χ3n) is 3.64. The predicted octanol–water partition coefficient (Wildman–Crippen LogP) is 2.86. The van der Waals surface area contributed by atoms with E-state index in [1.165, 1.54) is 4.90 Å². The van der Waals surface area contributed by atoms with Crippen LogP contribution in [-0.4, -0.2) is 44.7 Å². The highest BCUT2D eigenvalue weighted by Gasteiger charge is 2.62. The zero-order chi connectivity index (χ0) is 16.8. The number of amides is 1. The van der Waals surface area contributed by atoms with Gasteiger partial charge >= 0.3 is 6.09 Å². The van der Waals surface area contributed by atoms with Gasteiger partial charge in [0.2, 0.25) is 0 Å². The lowest BCUT2D eigenvalue weighted by Gasteiger charge is -2.24. The molecule has 0 unspecified atom stereocenters. The molecular weight excluding hydrogens is 294 g/mol. The van der Waals surface area contributed by atoms with Crippen LogP contribution in [0, 0.1) is 0 Å². The second-order valence-corrected chi connectivity index (χ2v) is 6.91. The Balaban J connectivity index is 2.03. The maximum Gasteiger partial charge on any atom is 0.410 e. The van der Waals surface area contributed by atoms with E-state index in [0.717, 1.165) is 6.92 Å². The average molecular weight is 316 g/mol. The zero-order valence-electron chi connectivity index (χ0n) is 13.5. The number of H-pyrrole nitrogens is 1. The molecule has 0 saturated heterocycles. The molecule has 1 N–H and O–H groups in total. The molecule has 1 aromatic rings. The summed E-state index contributed by atoms with van der Waals surface area (Å²) in [6.07, 6.45) is 0.234. The maximum atomic E-state index is 13.7. The molecule has 1 aliphatic carbocycles. The van der Waals surface area contributed by atoms with Crippen LogP contribution in [0.1, 0.15) is 52.2 Å². The summed E-state index contributed by atoms with van der Waals surface area (Å²) in [5.41, 5.74) is -1.85. The molecule has 2 rings (SSSR count). The first kappa shape index (κ1) is 16.6. The van der Waals surface area contributed by atoms with Crippen LogP contribution in [0.15, 0.2) is 0 Å². The van der Waals surface area contributed by atoms with Gasteiger partial charge in [0.1, 0.15) is 11.4 Å². The van der Waals surface area contributed by atoms with Gasteiger partial charge in [-0.05, 0) is 33.6 Å². The van der Waals surface area contributed by atoms with Crippen molar-refractivity contribution in [2.24, 2.45) is 0 Å². The minimum atomic E-state index is -2.86. The number of aromatic nitrogens is 3. The Kier molecular flexibility index (Phi) is 3.91. The van der Waals surface area contributed by atoms with Crippen LogP contribution < -0.4 is 0 Å². The Bertz CT molecular complexity index is 556. The highest BCUT2D eigenvalue weighted by molar-refractivity contribution is 5.67. The molecule has 22 heavy (non-hydrogen) atoms. The molecule has 0 aromatic carbocycles. The van der Waals surface area contributed by atoms with Gasteiger partial charge in [-0.2, -0.15) is 5.10 Å². The lowest BCUT2D eigenvalue weighted by molar-refractivity contribution is -0.0228. The molecule has 8 heteroatoms. The molecule has 1 saturated carbocycles. The van der Waals surface area contributed by atoms with E-state index in [0.29, 0.717) is 18.7 Å². The van der Waals surface area contributed by atoms with Crippen LogP contribution in [0.5, 0.6) is 0 Å². The normalized spacial score (nSPS) is 17.2. The van der Waals surface area contributed by atoms with Crippen molar-refractivity contribution < 1.29 is 18.3 Å². The van der Waals surface area contributed by atoms with E-state index in [1.54, 1.807) is 27.8 Å². The van der Waals surface area contributed by atoms with Crippen LogP contribution in [0.2, 0.25) is 0 Å². The second kappa shape index (κ2) is 5.17. The highest BCUT2D eigenvalue weighted by atomic mass is 19.3. The fraction of sp³-hybridized carbons (Fsp3) is 0.786. The van der Waals surface area contributed by atoms with Gasteiger partial charge < -0.3 is 9.64 Å². The van der Waals surface area contributed by atoms with Gasteiger partial charge in [-0.25, -0.2) is 18.6 Å². The molecule has 0 spiro atoms. The first-order valence-electron chi connectivity index (χ1n) is 7.18. The number of nitrogens with one attached hydrogen (secondary N) is 1. The van der Waals surface area contributed by atoms with Crippen LogP contribution in [0.25, 0.3) is 0 Å². The fourth-order valence-corrected chi connectivity index (χ4v) is 2.19. The van der Waals surface area contributed by atoms with Crippen LogP contribution >= 0.6 is 0 Å². The number of hydrogen-bond donors (Lipinski definition) is 1. The van der Waals surface area contributed by atoms with Gasteiger partial charge in [0.15, 0.2) is 5.82 Å². The van der Waals surface area contributed by atoms with Gasteiger partial charge in [-0.15, -0.1) is 0 Å². The summed E-state index contributed by atoms with van der Waals surface area (Å²) in [5.74, 6) is -2.38. The molecule has 124 valence electrons. The largest absolute Gasteiger partial charge is 0.444 e. The monoisotopic (exact) mass is 316 g/mol. The number of carbonyl (C=O) groups is 1. The van der Waals surface area contributed by atoms with E-state index >= 15 is 0 Å². The minimum absolute atomic E-state index is 0.118. The van der Waals surface area contributed by atoms with E-state index in [1.807, 2.05) is 0 Å². The van der Waals surface area contributed by atoms with Crippen molar-refractivity contribution >= 4 is 6.09 Å². The van der Waals surface area contributed by atoms with Gasteiger partial charge in [0, 0.05) is 14.0 Å². The number of nitrogens with zero attached hydrogens (tertiary/aromatic N) is 3. The Morgan fingerprint density at radius 3 is 2.41 bits per heavy atom. The third kappa shape index (κ3) is 3.36. The summed E-state index contributed by atoms with van der Waals surface area (Å²) >= 11 is 0. The van der Waals surface area contributed by atoms with Crippen LogP contribution in [-0.2, 0) is 16.7 Å². The third-order valence-corrected chi connectivity index (χ3v) is 3.64. The molecule has 1 fully saturated rings. The van der Waals surface area contributed by atoms with E-state index in [4.69, 9.17) is 4.74 Å². The molecule has 1 aliphatic rings. The number of alkyl halides is 2. The maximum absolute atomic E-state index is 13.7. The summed E-state index contributed by atoms with van der Waals surface area (Å²) in [6, 6.07) is 0. The van der Waals surface area contributed by atoms with Crippen LogP contribution in [0.3, 0.4) is 0 Å². The number of carbonyl (C=O) groups excluding carboxylic acids is 1. The molecule has 0 radical (unpaired) electrons. The van der Waals surface area contributed by atoms with Crippen molar-refractivity contribution in [1.29, 1.82) is 0 Å². The van der Waals surface area contributed by atoms with Gasteiger partial charge in [-0.3, -0.25) is 5.10 Å². The predicted molar refractivity (Wildman–Crippen MR) is 75.6 cm³/mol. The molecule has 0 bridgehead atoms. The number of hydrogen-bond acceptors (Lipinski definition) is 4. The number of aromatic amines is 1. The lowest BCUT2D eigenvalue weighted by Crippen LogP contribution is -2.34. The van der Waals surface area contributed by atoms with E-state index in [-0.39, 0.29) is 12.4 Å². The quantitative estimate of drug-likeness (QED) is 0.927. The van der Waals surface area contributed by atoms with Crippen molar-refractivity contribution in [2.75, 3.05) is 7.05 Å². The van der Waals surface area contributed by atoms with E-state index in [2.05, 4.69) is 15.2 Å². The Labute approximate surface area is 128 Å². The first-order chi connectivity index (χ1) is 9.95. The van der Waals surface area contributed by atoms with Crippen molar-refractivity contribution in [2.45, 2.75) is 64.0 Å². The van der Waals surface area contributed by atoms with Crippen molar-refractivity contribution in [3.63, 3.8) is 0 Å². The Morgan fingerprint density at radius 1 is 1.36 bits per heavy atom. The molecule has 0 atom stereocenters.